The highest BCUT2D eigenvalue weighted by molar-refractivity contribution is 5.86. The number of hydrogen-bond acceptors (Lipinski definition) is 3. The number of nitrogens with zero attached hydrogens (tertiary/aromatic N) is 1. The van der Waals surface area contributed by atoms with Gasteiger partial charge in [-0.3, -0.25) is 4.79 Å². The zero-order valence-electron chi connectivity index (χ0n) is 12.6. The van der Waals surface area contributed by atoms with Gasteiger partial charge in [0.15, 0.2) is 0 Å². The molecule has 1 aromatic rings. The summed E-state index contributed by atoms with van der Waals surface area (Å²) in [7, 11) is 3.44. The van der Waals surface area contributed by atoms with E-state index >= 15 is 0 Å². The molecule has 0 atom stereocenters. The first kappa shape index (κ1) is 16.8. The van der Waals surface area contributed by atoms with Gasteiger partial charge in [0.05, 0.1) is 6.61 Å². The van der Waals surface area contributed by atoms with Crippen LogP contribution in [0.3, 0.4) is 0 Å². The second-order valence-electron chi connectivity index (χ2n) is 4.91. The first-order chi connectivity index (χ1) is 9.91. The van der Waals surface area contributed by atoms with Crippen molar-refractivity contribution in [3.8, 4) is 5.75 Å². The molecule has 0 spiro atoms. The molecular formula is C16H21NO4. The van der Waals surface area contributed by atoms with Crippen molar-refractivity contribution in [1.29, 1.82) is 0 Å². The fourth-order valence-corrected chi connectivity index (χ4v) is 1.79. The minimum absolute atomic E-state index is 0.0642. The quantitative estimate of drug-likeness (QED) is 0.618. The molecule has 0 aromatic heterocycles. The number of carboxylic acid groups (broad SMARTS) is 1. The monoisotopic (exact) mass is 291 g/mol. The van der Waals surface area contributed by atoms with Gasteiger partial charge in [-0.25, -0.2) is 4.79 Å². The van der Waals surface area contributed by atoms with E-state index in [2.05, 4.69) is 0 Å². The molecule has 0 fully saturated rings. The second kappa shape index (κ2) is 8.09. The SMILES string of the molecule is Cc1cccc(/C=C/C(=O)O)c1OCCCC(=O)N(C)C. The van der Waals surface area contributed by atoms with Crippen LogP contribution in [0.25, 0.3) is 6.08 Å². The largest absolute Gasteiger partial charge is 0.493 e. The van der Waals surface area contributed by atoms with E-state index in [9.17, 15) is 9.59 Å². The predicted octanol–water partition coefficient (Wildman–Crippen LogP) is 2.34. The molecule has 1 amide bonds. The van der Waals surface area contributed by atoms with E-state index in [1.165, 1.54) is 6.08 Å². The zero-order valence-corrected chi connectivity index (χ0v) is 12.6. The average Bonchev–Trinajstić information content (AvgIpc) is 2.42. The molecule has 21 heavy (non-hydrogen) atoms. The zero-order chi connectivity index (χ0) is 15.8. The number of aryl methyl sites for hydroxylation is 1. The van der Waals surface area contributed by atoms with Crippen molar-refractivity contribution in [2.75, 3.05) is 20.7 Å². The summed E-state index contributed by atoms with van der Waals surface area (Å²) in [6.45, 7) is 2.32. The fourth-order valence-electron chi connectivity index (χ4n) is 1.79. The molecular weight excluding hydrogens is 270 g/mol. The van der Waals surface area contributed by atoms with Gasteiger partial charge in [-0.1, -0.05) is 18.2 Å². The van der Waals surface area contributed by atoms with E-state index in [0.717, 1.165) is 17.2 Å². The van der Waals surface area contributed by atoms with Crippen LogP contribution in [-0.2, 0) is 9.59 Å². The molecule has 0 heterocycles. The standard InChI is InChI=1S/C16H21NO4/c1-12-6-4-7-13(9-10-15(19)20)16(12)21-11-5-8-14(18)17(2)3/h4,6-7,9-10H,5,8,11H2,1-3H3,(H,19,20)/b10-9+. The second-order valence-corrected chi connectivity index (χ2v) is 4.91. The molecule has 0 saturated carbocycles. The van der Waals surface area contributed by atoms with Crippen LogP contribution in [0.5, 0.6) is 5.75 Å². The highest BCUT2D eigenvalue weighted by Gasteiger charge is 2.07. The molecule has 1 aromatic carbocycles. The first-order valence-corrected chi connectivity index (χ1v) is 6.75. The number of benzene rings is 1. The Balaban J connectivity index is 2.65. The van der Waals surface area contributed by atoms with E-state index in [1.807, 2.05) is 19.1 Å². The Morgan fingerprint density at radius 2 is 2.05 bits per heavy atom. The minimum atomic E-state index is -1.00. The van der Waals surface area contributed by atoms with Gasteiger partial charge in [0.25, 0.3) is 0 Å². The molecule has 0 bridgehead atoms. The molecule has 114 valence electrons. The third-order valence-corrected chi connectivity index (χ3v) is 2.93. The Hall–Kier alpha value is -2.30. The van der Waals surface area contributed by atoms with E-state index in [0.29, 0.717) is 25.2 Å². The van der Waals surface area contributed by atoms with Crippen molar-refractivity contribution in [3.05, 3.63) is 35.4 Å². The van der Waals surface area contributed by atoms with E-state index in [-0.39, 0.29) is 5.91 Å². The number of ether oxygens (including phenoxy) is 1. The van der Waals surface area contributed by atoms with Crippen LogP contribution in [0, 0.1) is 6.92 Å². The third-order valence-electron chi connectivity index (χ3n) is 2.93. The van der Waals surface area contributed by atoms with Crippen molar-refractivity contribution in [3.63, 3.8) is 0 Å². The molecule has 0 aliphatic heterocycles. The number of carbonyl (C=O) groups excluding carboxylic acids is 1. The number of aliphatic carboxylic acids is 1. The topological polar surface area (TPSA) is 66.8 Å². The van der Waals surface area contributed by atoms with Crippen LogP contribution in [0.2, 0.25) is 0 Å². The molecule has 0 aliphatic carbocycles. The fraction of sp³-hybridized carbons (Fsp3) is 0.375. The third kappa shape index (κ3) is 5.69. The summed E-state index contributed by atoms with van der Waals surface area (Å²) in [5.41, 5.74) is 1.65. The van der Waals surface area contributed by atoms with Crippen molar-refractivity contribution in [2.24, 2.45) is 0 Å². The van der Waals surface area contributed by atoms with Gasteiger partial charge in [0.1, 0.15) is 5.75 Å². The van der Waals surface area contributed by atoms with Crippen molar-refractivity contribution < 1.29 is 19.4 Å². The normalized spacial score (nSPS) is 10.6. The van der Waals surface area contributed by atoms with E-state index in [1.54, 1.807) is 25.1 Å². The maximum Gasteiger partial charge on any atom is 0.328 e. The van der Waals surface area contributed by atoms with Crippen LogP contribution in [-0.4, -0.2) is 42.6 Å². The van der Waals surface area contributed by atoms with Gasteiger partial charge in [0.2, 0.25) is 5.91 Å². The van der Waals surface area contributed by atoms with Crippen molar-refractivity contribution >= 4 is 18.0 Å². The summed E-state index contributed by atoms with van der Waals surface area (Å²) < 4.78 is 5.72. The summed E-state index contributed by atoms with van der Waals surface area (Å²) in [5, 5.41) is 8.69. The van der Waals surface area contributed by atoms with Gasteiger partial charge in [-0.05, 0) is 25.0 Å². The number of carboxylic acids is 1. The van der Waals surface area contributed by atoms with E-state index < -0.39 is 5.97 Å². The van der Waals surface area contributed by atoms with Gasteiger partial charge in [-0.15, -0.1) is 0 Å². The van der Waals surface area contributed by atoms with Crippen LogP contribution < -0.4 is 4.74 Å². The molecule has 5 heteroatoms. The highest BCUT2D eigenvalue weighted by Crippen LogP contribution is 2.25. The van der Waals surface area contributed by atoms with Crippen molar-refractivity contribution in [1.82, 2.24) is 4.90 Å². The summed E-state index contributed by atoms with van der Waals surface area (Å²) in [4.78, 5) is 23.6. The maximum absolute atomic E-state index is 11.5. The Labute approximate surface area is 124 Å². The average molecular weight is 291 g/mol. The molecule has 5 nitrogen and oxygen atoms in total. The summed E-state index contributed by atoms with van der Waals surface area (Å²) in [5.74, 6) is -0.277. The van der Waals surface area contributed by atoms with E-state index in [4.69, 9.17) is 9.84 Å². The Bertz CT molecular complexity index is 535. The lowest BCUT2D eigenvalue weighted by Gasteiger charge is -2.13. The number of amides is 1. The number of hydrogen-bond donors (Lipinski definition) is 1. The molecule has 0 radical (unpaired) electrons. The summed E-state index contributed by atoms with van der Waals surface area (Å²) in [6, 6.07) is 5.55. The molecule has 0 saturated heterocycles. The molecule has 1 N–H and O–H groups in total. The number of carbonyl (C=O) groups is 2. The first-order valence-electron chi connectivity index (χ1n) is 6.75. The summed E-state index contributed by atoms with van der Waals surface area (Å²) in [6.07, 6.45) is 3.64. The van der Waals surface area contributed by atoms with Crippen molar-refractivity contribution in [2.45, 2.75) is 19.8 Å². The lowest BCUT2D eigenvalue weighted by atomic mass is 10.1. The minimum Gasteiger partial charge on any atom is -0.493 e. The Morgan fingerprint density at radius 1 is 1.33 bits per heavy atom. The van der Waals surface area contributed by atoms with Gasteiger partial charge >= 0.3 is 5.97 Å². The predicted molar refractivity (Wildman–Crippen MR) is 81.3 cm³/mol. The highest BCUT2D eigenvalue weighted by atomic mass is 16.5. The molecule has 1 rings (SSSR count). The van der Waals surface area contributed by atoms with Crippen LogP contribution >= 0.6 is 0 Å². The van der Waals surface area contributed by atoms with Gasteiger partial charge in [-0.2, -0.15) is 0 Å². The van der Waals surface area contributed by atoms with Crippen LogP contribution in [0.15, 0.2) is 24.3 Å². The lowest BCUT2D eigenvalue weighted by Crippen LogP contribution is -2.21. The Morgan fingerprint density at radius 3 is 2.67 bits per heavy atom. The number of rotatable bonds is 7. The lowest BCUT2D eigenvalue weighted by molar-refractivity contribution is -0.131. The Kier molecular flexibility index (Phi) is 6.46. The number of para-hydroxylation sites is 1. The molecule has 0 unspecified atom stereocenters. The van der Waals surface area contributed by atoms with Gasteiger partial charge < -0.3 is 14.7 Å². The van der Waals surface area contributed by atoms with Gasteiger partial charge in [0, 0.05) is 32.2 Å². The smallest absolute Gasteiger partial charge is 0.328 e. The maximum atomic E-state index is 11.5. The molecule has 0 aliphatic rings. The summed E-state index contributed by atoms with van der Waals surface area (Å²) >= 11 is 0. The van der Waals surface area contributed by atoms with Crippen LogP contribution in [0.1, 0.15) is 24.0 Å². The van der Waals surface area contributed by atoms with Crippen LogP contribution in [0.4, 0.5) is 0 Å².